The van der Waals surface area contributed by atoms with E-state index in [0.29, 0.717) is 25.7 Å². The van der Waals surface area contributed by atoms with E-state index in [9.17, 15) is 14.4 Å². The fraction of sp³-hybridized carbons (Fsp3) is 0.804. The van der Waals surface area contributed by atoms with Gasteiger partial charge in [-0.3, -0.25) is 14.4 Å². The van der Waals surface area contributed by atoms with Crippen LogP contribution in [0.1, 0.15) is 271 Å². The van der Waals surface area contributed by atoms with Crippen LogP contribution in [0.4, 0.5) is 0 Å². The molecule has 1 atom stereocenters. The SMILES string of the molecule is CCCCCC/C=C\CCCC(=O)OCC(COC(=O)CCCCCCCCC/C=C\CCCCCCCCCC)OC(=O)CCCCC/C=C\C=C/CCCCCCCCC. The van der Waals surface area contributed by atoms with Crippen molar-refractivity contribution in [1.29, 1.82) is 0 Å². The Bertz CT molecular complexity index is 1090. The van der Waals surface area contributed by atoms with Crippen LogP contribution in [0, 0.1) is 0 Å². The summed E-state index contributed by atoms with van der Waals surface area (Å²) in [7, 11) is 0. The number of allylic oxidation sites excluding steroid dienone is 8. The number of hydrogen-bond acceptors (Lipinski definition) is 6. The number of esters is 3. The minimum absolute atomic E-state index is 0.0938. The predicted molar refractivity (Wildman–Crippen MR) is 265 cm³/mol. The Labute approximate surface area is 384 Å². The Kier molecular flexibility index (Phi) is 48.8. The summed E-state index contributed by atoms with van der Waals surface area (Å²) < 4.78 is 16.7. The molecule has 0 N–H and O–H groups in total. The summed E-state index contributed by atoms with van der Waals surface area (Å²) in [4.78, 5) is 37.9. The van der Waals surface area contributed by atoms with Crippen molar-refractivity contribution in [2.24, 2.45) is 0 Å². The minimum atomic E-state index is -0.797. The second kappa shape index (κ2) is 51.0. The number of rotatable bonds is 48. The third-order valence-corrected chi connectivity index (χ3v) is 11.6. The molecule has 0 aliphatic rings. The lowest BCUT2D eigenvalue weighted by Gasteiger charge is -2.18. The second-order valence-electron chi connectivity index (χ2n) is 17.8. The highest BCUT2D eigenvalue weighted by molar-refractivity contribution is 5.71. The van der Waals surface area contributed by atoms with Crippen molar-refractivity contribution in [1.82, 2.24) is 0 Å². The molecule has 6 nitrogen and oxygen atoms in total. The third kappa shape index (κ3) is 48.4. The van der Waals surface area contributed by atoms with E-state index in [1.807, 2.05) is 0 Å². The maximum atomic E-state index is 12.8. The molecule has 62 heavy (non-hydrogen) atoms. The lowest BCUT2D eigenvalue weighted by molar-refractivity contribution is -0.167. The highest BCUT2D eigenvalue weighted by atomic mass is 16.6. The van der Waals surface area contributed by atoms with Crippen molar-refractivity contribution in [2.75, 3.05) is 13.2 Å². The minimum Gasteiger partial charge on any atom is -0.462 e. The molecule has 0 aliphatic heterocycles. The van der Waals surface area contributed by atoms with Crippen molar-refractivity contribution in [3.05, 3.63) is 48.6 Å². The van der Waals surface area contributed by atoms with Crippen LogP contribution in [-0.2, 0) is 28.6 Å². The zero-order valence-corrected chi connectivity index (χ0v) is 41.1. The van der Waals surface area contributed by atoms with Crippen molar-refractivity contribution in [3.8, 4) is 0 Å². The first-order chi connectivity index (χ1) is 30.5. The molecule has 0 aromatic carbocycles. The van der Waals surface area contributed by atoms with Gasteiger partial charge in [-0.1, -0.05) is 211 Å². The molecular weight excluding hydrogens is 769 g/mol. The molecule has 0 spiro atoms. The molecule has 1 unspecified atom stereocenters. The Hall–Kier alpha value is -2.63. The lowest BCUT2D eigenvalue weighted by atomic mass is 10.1. The van der Waals surface area contributed by atoms with Crippen LogP contribution in [0.15, 0.2) is 48.6 Å². The molecule has 0 bridgehead atoms. The highest BCUT2D eigenvalue weighted by Crippen LogP contribution is 2.14. The molecule has 0 amide bonds. The van der Waals surface area contributed by atoms with Crippen molar-refractivity contribution in [3.63, 3.8) is 0 Å². The Morgan fingerprint density at radius 1 is 0.323 bits per heavy atom. The Balaban J connectivity index is 4.35. The van der Waals surface area contributed by atoms with Crippen LogP contribution in [0.3, 0.4) is 0 Å². The van der Waals surface area contributed by atoms with Gasteiger partial charge in [0.1, 0.15) is 13.2 Å². The van der Waals surface area contributed by atoms with Crippen LogP contribution in [0.5, 0.6) is 0 Å². The van der Waals surface area contributed by atoms with Gasteiger partial charge < -0.3 is 14.2 Å². The Morgan fingerprint density at radius 2 is 0.597 bits per heavy atom. The monoisotopic (exact) mass is 869 g/mol. The largest absolute Gasteiger partial charge is 0.462 e. The number of hydrogen-bond donors (Lipinski definition) is 0. The topological polar surface area (TPSA) is 78.9 Å². The Morgan fingerprint density at radius 3 is 1.00 bits per heavy atom. The van der Waals surface area contributed by atoms with E-state index in [1.54, 1.807) is 0 Å². The van der Waals surface area contributed by atoms with Gasteiger partial charge in [-0.05, 0) is 89.9 Å². The van der Waals surface area contributed by atoms with Gasteiger partial charge in [-0.2, -0.15) is 0 Å². The van der Waals surface area contributed by atoms with Crippen LogP contribution in [0.25, 0.3) is 0 Å². The van der Waals surface area contributed by atoms with Crippen LogP contribution in [0.2, 0.25) is 0 Å². The molecule has 0 rings (SSSR count). The predicted octanol–water partition coefficient (Wildman–Crippen LogP) is 17.5. The average Bonchev–Trinajstić information content (AvgIpc) is 3.27. The average molecular weight is 869 g/mol. The summed E-state index contributed by atoms with van der Waals surface area (Å²) in [6.45, 7) is 6.56. The summed E-state index contributed by atoms with van der Waals surface area (Å²) in [5, 5.41) is 0. The lowest BCUT2D eigenvalue weighted by Crippen LogP contribution is -2.30. The van der Waals surface area contributed by atoms with Gasteiger partial charge in [0.25, 0.3) is 0 Å². The van der Waals surface area contributed by atoms with E-state index in [4.69, 9.17) is 14.2 Å². The normalized spacial score (nSPS) is 12.4. The first-order valence-electron chi connectivity index (χ1n) is 26.7. The zero-order valence-electron chi connectivity index (χ0n) is 41.1. The van der Waals surface area contributed by atoms with E-state index in [-0.39, 0.29) is 31.1 Å². The van der Waals surface area contributed by atoms with Gasteiger partial charge in [0.15, 0.2) is 6.10 Å². The van der Waals surface area contributed by atoms with Crippen molar-refractivity contribution < 1.29 is 28.6 Å². The van der Waals surface area contributed by atoms with Crippen molar-refractivity contribution >= 4 is 17.9 Å². The molecule has 360 valence electrons. The highest BCUT2D eigenvalue weighted by Gasteiger charge is 2.19. The van der Waals surface area contributed by atoms with E-state index < -0.39 is 6.10 Å². The quantitative estimate of drug-likeness (QED) is 0.0199. The second-order valence-corrected chi connectivity index (χ2v) is 17.8. The molecule has 0 fully saturated rings. The molecule has 0 heterocycles. The van der Waals surface area contributed by atoms with Gasteiger partial charge in [0.05, 0.1) is 0 Å². The first kappa shape index (κ1) is 59.4. The molecule has 6 heteroatoms. The van der Waals surface area contributed by atoms with Crippen LogP contribution in [-0.4, -0.2) is 37.2 Å². The summed E-state index contributed by atoms with van der Waals surface area (Å²) in [6, 6.07) is 0. The van der Waals surface area contributed by atoms with E-state index in [2.05, 4.69) is 69.4 Å². The van der Waals surface area contributed by atoms with Gasteiger partial charge in [-0.15, -0.1) is 0 Å². The molecule has 0 aromatic rings. The maximum absolute atomic E-state index is 12.8. The number of carbonyl (C=O) groups excluding carboxylic acids is 3. The van der Waals surface area contributed by atoms with E-state index >= 15 is 0 Å². The van der Waals surface area contributed by atoms with E-state index in [0.717, 1.165) is 64.2 Å². The molecule has 0 saturated heterocycles. The molecule has 0 aromatic heterocycles. The summed E-state index contributed by atoms with van der Waals surface area (Å²) >= 11 is 0. The third-order valence-electron chi connectivity index (χ3n) is 11.6. The standard InChI is InChI=1S/C56H100O6/c1-4-7-10-13-16-19-21-23-25-27-28-29-31-32-34-37-40-43-46-49-55(58)61-52-53(51-60-54(57)48-45-42-39-36-18-15-12-9-6-3)62-56(59)50-47-44-41-38-35-33-30-26-24-22-20-17-14-11-8-5-2/h26-28,30,33,35-36,39,53H,4-25,29,31-32,34,37-38,40-52H2,1-3H3/b28-27-,30-26-,35-33-,39-36-. The molecule has 0 saturated carbocycles. The van der Waals surface area contributed by atoms with Crippen LogP contribution >= 0.6 is 0 Å². The zero-order chi connectivity index (χ0) is 45.1. The smallest absolute Gasteiger partial charge is 0.306 e. The van der Waals surface area contributed by atoms with Gasteiger partial charge in [0, 0.05) is 19.3 Å². The fourth-order valence-electron chi connectivity index (χ4n) is 7.49. The van der Waals surface area contributed by atoms with Gasteiger partial charge in [0.2, 0.25) is 0 Å². The van der Waals surface area contributed by atoms with E-state index in [1.165, 1.54) is 161 Å². The number of unbranched alkanes of at least 4 members (excludes halogenated alkanes) is 30. The fourth-order valence-corrected chi connectivity index (χ4v) is 7.49. The summed E-state index contributed by atoms with van der Waals surface area (Å²) in [5.74, 6) is -0.955. The van der Waals surface area contributed by atoms with Crippen LogP contribution < -0.4 is 0 Å². The molecule has 0 aliphatic carbocycles. The number of ether oxygens (including phenoxy) is 3. The number of carbonyl (C=O) groups is 3. The molecular formula is C56H100O6. The molecule has 0 radical (unpaired) electrons. The van der Waals surface area contributed by atoms with Crippen molar-refractivity contribution in [2.45, 2.75) is 277 Å². The summed E-state index contributed by atoms with van der Waals surface area (Å²) in [5.41, 5.74) is 0. The summed E-state index contributed by atoms with van der Waals surface area (Å²) in [6.07, 6.45) is 61.1. The first-order valence-corrected chi connectivity index (χ1v) is 26.7. The van der Waals surface area contributed by atoms with Gasteiger partial charge in [-0.25, -0.2) is 0 Å². The van der Waals surface area contributed by atoms with Gasteiger partial charge >= 0.3 is 17.9 Å². The maximum Gasteiger partial charge on any atom is 0.306 e.